The summed E-state index contributed by atoms with van der Waals surface area (Å²) in [5.41, 5.74) is 9.37. The second-order valence-electron chi connectivity index (χ2n) is 6.82. The standard InChI is InChI=1S/C17H26N2O2/c1-17(2,3)16(20)19-8-7-12-5-6-13(9-14(12)10-19)15(18)11-21-4/h5-6,9,15H,7-8,10-11,18H2,1-4H3. The van der Waals surface area contributed by atoms with E-state index in [1.54, 1.807) is 7.11 Å². The monoisotopic (exact) mass is 290 g/mol. The fourth-order valence-corrected chi connectivity index (χ4v) is 2.73. The molecule has 2 rings (SSSR count). The van der Waals surface area contributed by atoms with Gasteiger partial charge in [-0.15, -0.1) is 0 Å². The van der Waals surface area contributed by atoms with Gasteiger partial charge < -0.3 is 15.4 Å². The largest absolute Gasteiger partial charge is 0.383 e. The maximum Gasteiger partial charge on any atom is 0.228 e. The molecule has 116 valence electrons. The fraction of sp³-hybridized carbons (Fsp3) is 0.588. The molecule has 21 heavy (non-hydrogen) atoms. The molecule has 1 aliphatic heterocycles. The quantitative estimate of drug-likeness (QED) is 0.929. The molecule has 1 aromatic carbocycles. The van der Waals surface area contributed by atoms with Gasteiger partial charge in [0.25, 0.3) is 0 Å². The molecule has 1 aliphatic rings. The normalized spacial score (nSPS) is 16.5. The van der Waals surface area contributed by atoms with Crippen molar-refractivity contribution in [2.75, 3.05) is 20.3 Å². The van der Waals surface area contributed by atoms with Gasteiger partial charge in [-0.25, -0.2) is 0 Å². The van der Waals surface area contributed by atoms with Crippen LogP contribution in [0.3, 0.4) is 0 Å². The molecule has 0 aliphatic carbocycles. The van der Waals surface area contributed by atoms with E-state index < -0.39 is 0 Å². The number of amides is 1. The summed E-state index contributed by atoms with van der Waals surface area (Å²) in [6, 6.07) is 6.22. The second kappa shape index (κ2) is 6.16. The molecule has 1 unspecified atom stereocenters. The molecule has 1 atom stereocenters. The zero-order chi connectivity index (χ0) is 15.6. The van der Waals surface area contributed by atoms with Crippen molar-refractivity contribution in [3.8, 4) is 0 Å². The molecule has 1 amide bonds. The topological polar surface area (TPSA) is 55.6 Å². The van der Waals surface area contributed by atoms with Gasteiger partial charge in [-0.2, -0.15) is 0 Å². The maximum absolute atomic E-state index is 12.4. The van der Waals surface area contributed by atoms with Crippen LogP contribution in [-0.4, -0.2) is 31.1 Å². The molecule has 0 radical (unpaired) electrons. The van der Waals surface area contributed by atoms with Gasteiger partial charge in [0, 0.05) is 25.6 Å². The number of hydrogen-bond acceptors (Lipinski definition) is 3. The number of carbonyl (C=O) groups is 1. The van der Waals surface area contributed by atoms with E-state index in [2.05, 4.69) is 18.2 Å². The number of nitrogens with zero attached hydrogens (tertiary/aromatic N) is 1. The van der Waals surface area contributed by atoms with Gasteiger partial charge in [0.1, 0.15) is 0 Å². The molecule has 4 heteroatoms. The van der Waals surface area contributed by atoms with Crippen molar-refractivity contribution < 1.29 is 9.53 Å². The zero-order valence-corrected chi connectivity index (χ0v) is 13.5. The average Bonchev–Trinajstić information content (AvgIpc) is 2.44. The average molecular weight is 290 g/mol. The number of benzene rings is 1. The number of carbonyl (C=O) groups excluding carboxylic acids is 1. The maximum atomic E-state index is 12.4. The Morgan fingerprint density at radius 3 is 2.71 bits per heavy atom. The summed E-state index contributed by atoms with van der Waals surface area (Å²) < 4.78 is 5.12. The first-order chi connectivity index (χ1) is 9.82. The molecule has 2 N–H and O–H groups in total. The van der Waals surface area contributed by atoms with Crippen LogP contribution in [0.5, 0.6) is 0 Å². The van der Waals surface area contributed by atoms with Crippen molar-refractivity contribution in [2.24, 2.45) is 11.1 Å². The lowest BCUT2D eigenvalue weighted by Crippen LogP contribution is -2.42. The Balaban J connectivity index is 2.19. The van der Waals surface area contributed by atoms with Crippen molar-refractivity contribution in [1.82, 2.24) is 4.90 Å². The fourth-order valence-electron chi connectivity index (χ4n) is 2.73. The molecule has 0 bridgehead atoms. The molecule has 1 heterocycles. The summed E-state index contributed by atoms with van der Waals surface area (Å²) >= 11 is 0. The van der Waals surface area contributed by atoms with Gasteiger partial charge in [-0.3, -0.25) is 4.79 Å². The van der Waals surface area contributed by atoms with Crippen LogP contribution >= 0.6 is 0 Å². The first kappa shape index (κ1) is 16.0. The van der Waals surface area contributed by atoms with Crippen LogP contribution in [0.25, 0.3) is 0 Å². The van der Waals surface area contributed by atoms with Crippen molar-refractivity contribution in [3.05, 3.63) is 34.9 Å². The van der Waals surface area contributed by atoms with Gasteiger partial charge in [0.2, 0.25) is 5.91 Å². The Labute approximate surface area is 127 Å². The summed E-state index contributed by atoms with van der Waals surface area (Å²) in [5.74, 6) is 0.208. The molecule has 1 aromatic rings. The van der Waals surface area contributed by atoms with E-state index in [0.717, 1.165) is 18.5 Å². The third-order valence-corrected chi connectivity index (χ3v) is 3.95. The van der Waals surface area contributed by atoms with Crippen molar-refractivity contribution >= 4 is 5.91 Å². The lowest BCUT2D eigenvalue weighted by molar-refractivity contribution is -0.140. The highest BCUT2D eigenvalue weighted by Crippen LogP contribution is 2.26. The van der Waals surface area contributed by atoms with E-state index in [-0.39, 0.29) is 17.4 Å². The molecule has 0 saturated carbocycles. The van der Waals surface area contributed by atoms with E-state index in [1.807, 2.05) is 25.7 Å². The summed E-state index contributed by atoms with van der Waals surface area (Å²) in [6.07, 6.45) is 0.914. The summed E-state index contributed by atoms with van der Waals surface area (Å²) in [6.45, 7) is 7.89. The van der Waals surface area contributed by atoms with Crippen LogP contribution in [0, 0.1) is 5.41 Å². The van der Waals surface area contributed by atoms with Gasteiger partial charge in [0.05, 0.1) is 12.6 Å². The highest BCUT2D eigenvalue weighted by molar-refractivity contribution is 5.81. The van der Waals surface area contributed by atoms with Crippen LogP contribution in [-0.2, 0) is 22.5 Å². The van der Waals surface area contributed by atoms with Gasteiger partial charge in [0.15, 0.2) is 0 Å². The minimum Gasteiger partial charge on any atom is -0.383 e. The molecule has 0 fully saturated rings. The van der Waals surface area contributed by atoms with Gasteiger partial charge in [-0.1, -0.05) is 39.0 Å². The number of rotatable bonds is 3. The highest BCUT2D eigenvalue weighted by atomic mass is 16.5. The Bertz CT molecular complexity index is 520. The number of nitrogens with two attached hydrogens (primary N) is 1. The van der Waals surface area contributed by atoms with E-state index in [1.165, 1.54) is 11.1 Å². The number of methoxy groups -OCH3 is 1. The Kier molecular flexibility index (Phi) is 4.69. The lowest BCUT2D eigenvalue weighted by atomic mass is 9.91. The molecule has 0 aromatic heterocycles. The van der Waals surface area contributed by atoms with E-state index in [0.29, 0.717) is 13.2 Å². The first-order valence-corrected chi connectivity index (χ1v) is 7.48. The van der Waals surface area contributed by atoms with Gasteiger partial charge >= 0.3 is 0 Å². The minimum atomic E-state index is -0.332. The third-order valence-electron chi connectivity index (χ3n) is 3.95. The summed E-state index contributed by atoms with van der Waals surface area (Å²) in [7, 11) is 1.65. The van der Waals surface area contributed by atoms with Crippen LogP contribution in [0.1, 0.15) is 43.5 Å². The Morgan fingerprint density at radius 2 is 2.10 bits per heavy atom. The molecule has 0 spiro atoms. The minimum absolute atomic E-state index is 0.117. The van der Waals surface area contributed by atoms with Crippen molar-refractivity contribution in [3.63, 3.8) is 0 Å². The number of fused-ring (bicyclic) bond motifs is 1. The molecule has 0 saturated heterocycles. The first-order valence-electron chi connectivity index (χ1n) is 7.48. The summed E-state index contributed by atoms with van der Waals surface area (Å²) in [5, 5.41) is 0. The summed E-state index contributed by atoms with van der Waals surface area (Å²) in [4.78, 5) is 14.4. The van der Waals surface area contributed by atoms with Gasteiger partial charge in [-0.05, 0) is 23.1 Å². The highest BCUT2D eigenvalue weighted by Gasteiger charge is 2.29. The SMILES string of the molecule is COCC(N)c1ccc2c(c1)CN(C(=O)C(C)(C)C)CC2. The lowest BCUT2D eigenvalue weighted by Gasteiger charge is -2.34. The number of ether oxygens (including phenoxy) is 1. The van der Waals surface area contributed by atoms with E-state index >= 15 is 0 Å². The molecule has 4 nitrogen and oxygen atoms in total. The van der Waals surface area contributed by atoms with Crippen LogP contribution in [0.4, 0.5) is 0 Å². The number of hydrogen-bond donors (Lipinski definition) is 1. The second-order valence-corrected chi connectivity index (χ2v) is 6.82. The van der Waals surface area contributed by atoms with Crippen molar-refractivity contribution in [2.45, 2.75) is 39.8 Å². The predicted octanol–water partition coefficient (Wildman–Crippen LogP) is 2.26. The smallest absolute Gasteiger partial charge is 0.228 e. The van der Waals surface area contributed by atoms with E-state index in [4.69, 9.17) is 10.5 Å². The van der Waals surface area contributed by atoms with Crippen LogP contribution in [0.15, 0.2) is 18.2 Å². The molecular formula is C17H26N2O2. The van der Waals surface area contributed by atoms with Crippen LogP contribution < -0.4 is 5.73 Å². The van der Waals surface area contributed by atoms with Crippen molar-refractivity contribution in [1.29, 1.82) is 0 Å². The van der Waals surface area contributed by atoms with Crippen LogP contribution in [0.2, 0.25) is 0 Å². The van der Waals surface area contributed by atoms with E-state index in [9.17, 15) is 4.79 Å². The third kappa shape index (κ3) is 3.63. The molecular weight excluding hydrogens is 264 g/mol. The zero-order valence-electron chi connectivity index (χ0n) is 13.5. The Hall–Kier alpha value is -1.39. The predicted molar refractivity (Wildman–Crippen MR) is 83.8 cm³/mol. The Morgan fingerprint density at radius 1 is 1.38 bits per heavy atom.